The number of amides is 2. The summed E-state index contributed by atoms with van der Waals surface area (Å²) in [7, 11) is 0. The number of nitrogens with one attached hydrogen (secondary N) is 1. The van der Waals surface area contributed by atoms with Crippen molar-refractivity contribution in [2.45, 2.75) is 38.7 Å². The third kappa shape index (κ3) is 4.91. The summed E-state index contributed by atoms with van der Waals surface area (Å²) in [5, 5.41) is 2.83. The van der Waals surface area contributed by atoms with Gasteiger partial charge in [0.05, 0.1) is 6.10 Å². The van der Waals surface area contributed by atoms with E-state index in [1.807, 2.05) is 4.90 Å². The van der Waals surface area contributed by atoms with E-state index in [0.717, 1.165) is 38.4 Å². The lowest BCUT2D eigenvalue weighted by Crippen LogP contribution is -2.52. The molecule has 2 saturated heterocycles. The summed E-state index contributed by atoms with van der Waals surface area (Å²) in [6.45, 7) is 7.03. The molecule has 1 atom stereocenters. The minimum atomic E-state index is -0.277. The number of oxazole rings is 1. The van der Waals surface area contributed by atoms with Crippen LogP contribution in [0.2, 0.25) is 0 Å². The van der Waals surface area contributed by atoms with Crippen molar-refractivity contribution in [3.63, 3.8) is 0 Å². The molecule has 2 aliphatic heterocycles. The van der Waals surface area contributed by atoms with E-state index in [1.165, 1.54) is 25.8 Å². The first-order chi connectivity index (χ1) is 13.6. The Hall–Kier alpha value is -1.93. The van der Waals surface area contributed by atoms with Crippen molar-refractivity contribution in [3.8, 4) is 0 Å². The lowest BCUT2D eigenvalue weighted by molar-refractivity contribution is -0.149. The molecule has 1 aliphatic carbocycles. The standard InChI is InChI=1S/C20H30N4O4/c1-14-19(22-13-28-14)20(26)21-8-17-11-24(18(25)12-27-17)10-16-4-6-23(7-5-16)9-15-2-3-15/h13,15-17H,2-12H2,1H3,(H,21,26). The van der Waals surface area contributed by atoms with Crippen LogP contribution in [0.3, 0.4) is 0 Å². The van der Waals surface area contributed by atoms with Gasteiger partial charge in [-0.2, -0.15) is 0 Å². The van der Waals surface area contributed by atoms with E-state index in [-0.39, 0.29) is 24.5 Å². The molecule has 0 radical (unpaired) electrons. The molecule has 1 N–H and O–H groups in total. The van der Waals surface area contributed by atoms with Crippen molar-refractivity contribution in [2.75, 3.05) is 45.9 Å². The van der Waals surface area contributed by atoms with E-state index in [9.17, 15) is 9.59 Å². The lowest BCUT2D eigenvalue weighted by Gasteiger charge is -2.38. The van der Waals surface area contributed by atoms with Crippen molar-refractivity contribution in [1.82, 2.24) is 20.1 Å². The van der Waals surface area contributed by atoms with E-state index < -0.39 is 0 Å². The maximum Gasteiger partial charge on any atom is 0.273 e. The fourth-order valence-corrected chi connectivity index (χ4v) is 4.12. The monoisotopic (exact) mass is 390 g/mol. The van der Waals surface area contributed by atoms with Gasteiger partial charge in [0.1, 0.15) is 12.4 Å². The van der Waals surface area contributed by atoms with Crippen LogP contribution in [0.1, 0.15) is 41.9 Å². The molecular weight excluding hydrogens is 360 g/mol. The average Bonchev–Trinajstić information content (AvgIpc) is 3.41. The second-order valence-electron chi connectivity index (χ2n) is 8.39. The number of likely N-dealkylation sites (tertiary alicyclic amines) is 1. The fraction of sp³-hybridized carbons (Fsp3) is 0.750. The van der Waals surface area contributed by atoms with Crippen LogP contribution in [0.4, 0.5) is 0 Å². The molecule has 0 spiro atoms. The van der Waals surface area contributed by atoms with Crippen LogP contribution in [-0.4, -0.2) is 78.6 Å². The number of ether oxygens (including phenoxy) is 1. The maximum absolute atomic E-state index is 12.3. The average molecular weight is 390 g/mol. The second kappa shape index (κ2) is 8.61. The van der Waals surface area contributed by atoms with Crippen LogP contribution < -0.4 is 5.32 Å². The Kier molecular flexibility index (Phi) is 5.96. The number of carbonyl (C=O) groups excluding carboxylic acids is 2. The first kappa shape index (κ1) is 19.4. The first-order valence-electron chi connectivity index (χ1n) is 10.4. The summed E-state index contributed by atoms with van der Waals surface area (Å²) >= 11 is 0. The molecule has 0 aromatic carbocycles. The molecule has 28 heavy (non-hydrogen) atoms. The predicted octanol–water partition coefficient (Wildman–Crippen LogP) is 1.06. The Morgan fingerprint density at radius 3 is 2.64 bits per heavy atom. The van der Waals surface area contributed by atoms with Gasteiger partial charge in [0, 0.05) is 26.2 Å². The molecular formula is C20H30N4O4. The maximum atomic E-state index is 12.3. The largest absolute Gasteiger partial charge is 0.448 e. The molecule has 4 rings (SSSR count). The Bertz CT molecular complexity index is 694. The zero-order valence-electron chi connectivity index (χ0n) is 16.6. The van der Waals surface area contributed by atoms with Crippen molar-refractivity contribution >= 4 is 11.8 Å². The van der Waals surface area contributed by atoms with E-state index in [0.29, 0.717) is 30.5 Å². The van der Waals surface area contributed by atoms with E-state index in [1.54, 1.807) is 6.92 Å². The molecule has 3 aliphatic rings. The number of aryl methyl sites for hydroxylation is 1. The number of morpholine rings is 1. The van der Waals surface area contributed by atoms with Gasteiger partial charge in [0.2, 0.25) is 5.91 Å². The molecule has 1 saturated carbocycles. The van der Waals surface area contributed by atoms with Crippen LogP contribution in [0, 0.1) is 18.8 Å². The molecule has 8 nitrogen and oxygen atoms in total. The van der Waals surface area contributed by atoms with Gasteiger partial charge in [-0.1, -0.05) is 0 Å². The number of rotatable bonds is 7. The van der Waals surface area contributed by atoms with Gasteiger partial charge in [0.15, 0.2) is 12.1 Å². The van der Waals surface area contributed by atoms with Gasteiger partial charge in [-0.3, -0.25) is 9.59 Å². The smallest absolute Gasteiger partial charge is 0.273 e. The summed E-state index contributed by atoms with van der Waals surface area (Å²) in [5.74, 6) is 1.77. The van der Waals surface area contributed by atoms with Crippen molar-refractivity contribution in [3.05, 3.63) is 17.8 Å². The number of aromatic nitrogens is 1. The summed E-state index contributed by atoms with van der Waals surface area (Å²) in [6.07, 6.45) is 6.18. The highest BCUT2D eigenvalue weighted by atomic mass is 16.5. The molecule has 8 heteroatoms. The van der Waals surface area contributed by atoms with Crippen molar-refractivity contribution in [1.29, 1.82) is 0 Å². The van der Waals surface area contributed by atoms with Gasteiger partial charge in [0.25, 0.3) is 5.91 Å². The molecule has 1 aromatic heterocycles. The van der Waals surface area contributed by atoms with E-state index in [2.05, 4.69) is 15.2 Å². The minimum absolute atomic E-state index is 0.0512. The number of nitrogens with zero attached hydrogens (tertiary/aromatic N) is 3. The third-order valence-corrected chi connectivity index (χ3v) is 6.07. The Labute approximate surface area is 165 Å². The quantitative estimate of drug-likeness (QED) is 0.749. The third-order valence-electron chi connectivity index (χ3n) is 6.07. The van der Waals surface area contributed by atoms with Crippen LogP contribution in [-0.2, 0) is 9.53 Å². The first-order valence-corrected chi connectivity index (χ1v) is 10.4. The topological polar surface area (TPSA) is 87.9 Å². The molecule has 1 aromatic rings. The number of hydrogen-bond donors (Lipinski definition) is 1. The summed E-state index contributed by atoms with van der Waals surface area (Å²) < 4.78 is 10.7. The molecule has 1 unspecified atom stereocenters. The molecule has 3 heterocycles. The van der Waals surface area contributed by atoms with E-state index in [4.69, 9.17) is 9.15 Å². The van der Waals surface area contributed by atoms with Gasteiger partial charge in [-0.25, -0.2) is 4.98 Å². The van der Waals surface area contributed by atoms with Crippen LogP contribution in [0.5, 0.6) is 0 Å². The highest BCUT2D eigenvalue weighted by Gasteiger charge is 2.31. The van der Waals surface area contributed by atoms with Crippen molar-refractivity contribution in [2.24, 2.45) is 11.8 Å². The van der Waals surface area contributed by atoms with Gasteiger partial charge >= 0.3 is 0 Å². The molecule has 0 bridgehead atoms. The summed E-state index contributed by atoms with van der Waals surface area (Å²) in [4.78, 5) is 32.9. The van der Waals surface area contributed by atoms with Gasteiger partial charge in [-0.05, 0) is 57.5 Å². The van der Waals surface area contributed by atoms with Crippen LogP contribution in [0.15, 0.2) is 10.8 Å². The van der Waals surface area contributed by atoms with Crippen LogP contribution >= 0.6 is 0 Å². The number of carbonyl (C=O) groups is 2. The second-order valence-corrected chi connectivity index (χ2v) is 8.39. The predicted molar refractivity (Wildman–Crippen MR) is 102 cm³/mol. The van der Waals surface area contributed by atoms with Crippen molar-refractivity contribution < 1.29 is 18.7 Å². The Morgan fingerprint density at radius 1 is 1.21 bits per heavy atom. The Morgan fingerprint density at radius 2 is 1.96 bits per heavy atom. The SMILES string of the molecule is Cc1ocnc1C(=O)NCC1CN(CC2CCN(CC3CC3)CC2)C(=O)CO1. The number of piperidine rings is 1. The van der Waals surface area contributed by atoms with Gasteiger partial charge in [-0.15, -0.1) is 0 Å². The highest BCUT2D eigenvalue weighted by molar-refractivity contribution is 5.93. The highest BCUT2D eigenvalue weighted by Crippen LogP contribution is 2.31. The Balaban J connectivity index is 1.21. The lowest BCUT2D eigenvalue weighted by atomic mass is 9.95. The van der Waals surface area contributed by atoms with Crippen LogP contribution in [0.25, 0.3) is 0 Å². The zero-order chi connectivity index (χ0) is 19.5. The normalized spacial score (nSPS) is 24.5. The summed E-state index contributed by atoms with van der Waals surface area (Å²) in [5.41, 5.74) is 0.293. The summed E-state index contributed by atoms with van der Waals surface area (Å²) in [6, 6.07) is 0. The molecule has 3 fully saturated rings. The molecule has 2 amide bonds. The minimum Gasteiger partial charge on any atom is -0.448 e. The number of hydrogen-bond acceptors (Lipinski definition) is 6. The van der Waals surface area contributed by atoms with Gasteiger partial charge < -0.3 is 24.3 Å². The zero-order valence-corrected chi connectivity index (χ0v) is 16.6. The molecule has 154 valence electrons. The van der Waals surface area contributed by atoms with E-state index >= 15 is 0 Å². The fourth-order valence-electron chi connectivity index (χ4n) is 4.12.